The fraction of sp³-hybridized carbons (Fsp3) is 0.0345. The van der Waals surface area contributed by atoms with E-state index in [1.165, 1.54) is 86.5 Å². The molecule has 0 bridgehead atoms. The van der Waals surface area contributed by atoms with E-state index in [1.54, 1.807) is 0 Å². The lowest BCUT2D eigenvalue weighted by Gasteiger charge is -2.48. The van der Waals surface area contributed by atoms with Crippen LogP contribution in [0.15, 0.2) is 218 Å². The van der Waals surface area contributed by atoms with E-state index >= 15 is 0 Å². The van der Waals surface area contributed by atoms with Crippen LogP contribution in [0.5, 0.6) is 0 Å². The fourth-order valence-electron chi connectivity index (χ4n) is 12.2. The van der Waals surface area contributed by atoms with Gasteiger partial charge in [0.2, 0.25) is 0 Å². The lowest BCUT2D eigenvalue weighted by molar-refractivity contribution is 0.469. The van der Waals surface area contributed by atoms with Gasteiger partial charge in [-0.05, 0) is 117 Å². The van der Waals surface area contributed by atoms with Crippen LogP contribution in [-0.4, -0.2) is 0 Å². The average molecular weight is 793 g/mol. The molecule has 1 heterocycles. The predicted octanol–water partition coefficient (Wildman–Crippen LogP) is 15.6. The molecule has 0 radical (unpaired) electrons. The third kappa shape index (κ3) is 3.98. The number of nitrogens with zero attached hydrogens (tertiary/aromatic N) is 2. The van der Waals surface area contributed by atoms with Gasteiger partial charge in [0.05, 0.1) is 22.2 Å². The van der Waals surface area contributed by atoms with Crippen molar-refractivity contribution in [3.8, 4) is 0 Å². The molecule has 14 rings (SSSR count). The van der Waals surface area contributed by atoms with Crippen LogP contribution in [0.25, 0.3) is 41.7 Å². The minimum Gasteiger partial charge on any atom is -0.310 e. The first-order chi connectivity index (χ1) is 30.3. The Bertz CT molecular complexity index is 3260. The van der Waals surface area contributed by atoms with Gasteiger partial charge in [-0.2, -0.15) is 0 Å². The van der Waals surface area contributed by atoms with Crippen molar-refractivity contribution in [1.29, 1.82) is 0 Å². The minimum absolute atomic E-state index is 0.523. The van der Waals surface area contributed by atoms with Gasteiger partial charge >= 0.3 is 0 Å². The second kappa shape index (κ2) is 12.1. The molecule has 1 aromatic heterocycles. The van der Waals surface area contributed by atoms with Crippen molar-refractivity contribution in [2.75, 3.05) is 9.80 Å². The van der Waals surface area contributed by atoms with Crippen LogP contribution in [0.2, 0.25) is 0 Å². The Balaban J connectivity index is 1.15. The molecule has 0 saturated carbocycles. The van der Waals surface area contributed by atoms with Gasteiger partial charge in [0.1, 0.15) is 0 Å². The maximum atomic E-state index is 2.50. The second-order valence-electron chi connectivity index (χ2n) is 16.7. The van der Waals surface area contributed by atoms with Gasteiger partial charge < -0.3 is 9.80 Å². The normalized spacial score (nSPS) is 17.6. The average Bonchev–Trinajstić information content (AvgIpc) is 3.94. The summed E-state index contributed by atoms with van der Waals surface area (Å²) >= 11 is 1.94. The number of benzene rings is 10. The minimum atomic E-state index is -0.523. The number of hydrogen-bond donors (Lipinski definition) is 0. The molecule has 0 saturated heterocycles. The van der Waals surface area contributed by atoms with Gasteiger partial charge in [0.25, 0.3) is 0 Å². The van der Waals surface area contributed by atoms with Gasteiger partial charge in [-0.1, -0.05) is 146 Å². The fourth-order valence-corrected chi connectivity index (χ4v) is 13.3. The Kier molecular flexibility index (Phi) is 6.60. The molecule has 0 N–H and O–H groups in total. The highest BCUT2D eigenvalue weighted by molar-refractivity contribution is 7.26. The molecule has 0 aliphatic heterocycles. The molecule has 3 heteroatoms. The van der Waals surface area contributed by atoms with Gasteiger partial charge in [0.15, 0.2) is 0 Å². The van der Waals surface area contributed by atoms with Crippen molar-refractivity contribution in [3.05, 3.63) is 252 Å². The quantitative estimate of drug-likeness (QED) is 0.165. The summed E-state index contributed by atoms with van der Waals surface area (Å²) in [5.74, 6) is 0. The first-order valence-electron chi connectivity index (χ1n) is 21.2. The molecule has 0 unspecified atom stereocenters. The third-order valence-electron chi connectivity index (χ3n) is 14.1. The SMILES string of the molecule is c1ccc(N(c2ccccc2)c2ccc3c4c(cccc24)C24c5cccc6c(N(c7ccccc7)c7ccccc7)ccc(c56)C32c2cccc3sc5cccc4c5c23)cc1. The monoisotopic (exact) mass is 792 g/mol. The van der Waals surface area contributed by atoms with Crippen LogP contribution >= 0.6 is 11.3 Å². The molecule has 3 aliphatic carbocycles. The van der Waals surface area contributed by atoms with Crippen LogP contribution in [0.4, 0.5) is 34.1 Å². The molecule has 0 spiro atoms. The van der Waals surface area contributed by atoms with Gasteiger partial charge in [-0.15, -0.1) is 11.3 Å². The third-order valence-corrected chi connectivity index (χ3v) is 15.2. The van der Waals surface area contributed by atoms with Crippen LogP contribution < -0.4 is 9.80 Å². The molecule has 61 heavy (non-hydrogen) atoms. The lowest BCUT2D eigenvalue weighted by Crippen LogP contribution is -2.47. The second-order valence-corrected chi connectivity index (χ2v) is 17.8. The van der Waals surface area contributed by atoms with Gasteiger partial charge in [-0.3, -0.25) is 0 Å². The number of thiophene rings is 1. The summed E-state index contributed by atoms with van der Waals surface area (Å²) in [5.41, 5.74) is 14.3. The Labute approximate surface area is 357 Å². The predicted molar refractivity (Wildman–Crippen MR) is 256 cm³/mol. The van der Waals surface area contributed by atoms with E-state index in [1.807, 2.05) is 11.3 Å². The maximum absolute atomic E-state index is 2.50. The van der Waals surface area contributed by atoms with Gasteiger partial charge in [0, 0.05) is 53.7 Å². The first kappa shape index (κ1) is 33.4. The Morgan fingerprint density at radius 2 is 0.574 bits per heavy atom. The molecule has 10 aromatic carbocycles. The van der Waals surface area contributed by atoms with E-state index in [2.05, 4.69) is 228 Å². The van der Waals surface area contributed by atoms with E-state index in [0.29, 0.717) is 0 Å². The summed E-state index contributed by atoms with van der Waals surface area (Å²) in [6, 6.07) is 81.8. The van der Waals surface area contributed by atoms with Crippen molar-refractivity contribution >= 4 is 87.2 Å². The van der Waals surface area contributed by atoms with E-state index in [4.69, 9.17) is 0 Å². The highest BCUT2D eigenvalue weighted by Gasteiger charge is 2.68. The summed E-state index contributed by atoms with van der Waals surface area (Å²) in [5, 5.41) is 8.08. The zero-order valence-corrected chi connectivity index (χ0v) is 33.9. The number of anilines is 6. The van der Waals surface area contributed by atoms with Crippen molar-refractivity contribution in [3.63, 3.8) is 0 Å². The van der Waals surface area contributed by atoms with E-state index in [0.717, 1.165) is 22.7 Å². The van der Waals surface area contributed by atoms with Crippen molar-refractivity contribution in [2.45, 2.75) is 10.8 Å². The molecule has 11 aromatic rings. The van der Waals surface area contributed by atoms with Crippen molar-refractivity contribution < 1.29 is 0 Å². The number of para-hydroxylation sites is 4. The molecule has 3 aliphatic rings. The Morgan fingerprint density at radius 3 is 0.934 bits per heavy atom. The van der Waals surface area contributed by atoms with E-state index < -0.39 is 10.8 Å². The highest BCUT2D eigenvalue weighted by Crippen LogP contribution is 2.75. The molecule has 0 amide bonds. The molecular formula is C58H36N2S. The first-order valence-corrected chi connectivity index (χ1v) is 22.0. The highest BCUT2D eigenvalue weighted by atomic mass is 32.1. The molecular weight excluding hydrogens is 757 g/mol. The summed E-state index contributed by atoms with van der Waals surface area (Å²) in [7, 11) is 0. The molecule has 2 nitrogen and oxygen atoms in total. The standard InChI is InChI=1S/C58H36N2S/c1-5-17-37(18-6-1)59(38-19-7-2-8-20-38)49-35-33-47-53-41(49)25-13-27-43(53)57-44-28-14-26-42-50(60(39-21-9-3-10-22-39)40-23-11-4-12-24-40)36-34-48(54(42)44)58(47,57)46-30-16-32-52-56(46)55-45(57)29-15-31-51(55)61-52/h1-36H. The van der Waals surface area contributed by atoms with E-state index in [-0.39, 0.29) is 0 Å². The smallest absolute Gasteiger partial charge is 0.0648 e. The Hall–Kier alpha value is -7.46. The number of rotatable bonds is 6. The number of hydrogen-bond acceptors (Lipinski definition) is 3. The van der Waals surface area contributed by atoms with Crippen LogP contribution in [0.1, 0.15) is 33.4 Å². The molecule has 284 valence electrons. The van der Waals surface area contributed by atoms with Crippen LogP contribution in [0, 0.1) is 0 Å². The summed E-state index contributed by atoms with van der Waals surface area (Å²) < 4.78 is 2.71. The van der Waals surface area contributed by atoms with Crippen LogP contribution in [-0.2, 0) is 10.8 Å². The zero-order chi connectivity index (χ0) is 39.9. The van der Waals surface area contributed by atoms with Crippen molar-refractivity contribution in [2.24, 2.45) is 0 Å². The van der Waals surface area contributed by atoms with E-state index in [9.17, 15) is 0 Å². The Morgan fingerprint density at radius 1 is 0.262 bits per heavy atom. The molecule has 0 atom stereocenters. The van der Waals surface area contributed by atoms with Crippen LogP contribution in [0.3, 0.4) is 0 Å². The topological polar surface area (TPSA) is 6.48 Å². The maximum Gasteiger partial charge on any atom is 0.0648 e. The zero-order valence-electron chi connectivity index (χ0n) is 33.1. The summed E-state index contributed by atoms with van der Waals surface area (Å²) in [4.78, 5) is 4.88. The molecule has 0 fully saturated rings. The summed E-state index contributed by atoms with van der Waals surface area (Å²) in [6.07, 6.45) is 0. The summed E-state index contributed by atoms with van der Waals surface area (Å²) in [6.45, 7) is 0. The van der Waals surface area contributed by atoms with Gasteiger partial charge in [-0.25, -0.2) is 0 Å². The lowest BCUT2D eigenvalue weighted by atomic mass is 9.51. The largest absolute Gasteiger partial charge is 0.310 e. The van der Waals surface area contributed by atoms with Crippen molar-refractivity contribution in [1.82, 2.24) is 0 Å².